The molecule has 2 aliphatic heterocycles. The van der Waals surface area contributed by atoms with Crippen molar-refractivity contribution in [2.24, 2.45) is 0 Å². The average molecular weight is 549 g/mol. The Hall–Kier alpha value is -2.46. The number of rotatable bonds is 7. The van der Waals surface area contributed by atoms with Crippen molar-refractivity contribution in [2.45, 2.75) is 64.7 Å². The quantitative estimate of drug-likeness (QED) is 0.491. The summed E-state index contributed by atoms with van der Waals surface area (Å²) in [6, 6.07) is 10.1. The molecule has 2 aromatic carbocycles. The molecule has 200 valence electrons. The molecule has 2 unspecified atom stereocenters. The van der Waals surface area contributed by atoms with E-state index in [9.17, 15) is 17.6 Å². The zero-order valence-electron chi connectivity index (χ0n) is 21.6. The Morgan fingerprint density at radius 3 is 2.35 bits per heavy atom. The number of fused-ring (bicyclic) bond motifs is 2. The van der Waals surface area contributed by atoms with Crippen LogP contribution in [0, 0.1) is 12.7 Å². The normalized spacial score (nSPS) is 20.5. The molecule has 10 heteroatoms. The molecular formula is C27H34ClFN4O3S. The fourth-order valence-corrected chi connectivity index (χ4v) is 6.57. The van der Waals surface area contributed by atoms with E-state index in [2.05, 4.69) is 14.3 Å². The number of benzene rings is 2. The summed E-state index contributed by atoms with van der Waals surface area (Å²) in [5.74, 6) is -0.341. The van der Waals surface area contributed by atoms with E-state index in [-0.39, 0.29) is 23.8 Å². The third-order valence-electron chi connectivity index (χ3n) is 6.55. The van der Waals surface area contributed by atoms with E-state index >= 15 is 0 Å². The Bertz CT molecular complexity index is 1280. The second kappa shape index (κ2) is 10.7. The second-order valence-corrected chi connectivity index (χ2v) is 12.8. The van der Waals surface area contributed by atoms with Crippen molar-refractivity contribution in [3.05, 3.63) is 70.0 Å². The number of halogens is 2. The van der Waals surface area contributed by atoms with Crippen molar-refractivity contribution < 1.29 is 17.6 Å². The molecule has 0 saturated carbocycles. The molecular weight excluding hydrogens is 515 g/mol. The minimum Gasteiger partial charge on any atom is -0.331 e. The Morgan fingerprint density at radius 2 is 1.76 bits per heavy atom. The molecule has 0 radical (unpaired) electrons. The smallest absolute Gasteiger partial charge is 0.299 e. The van der Waals surface area contributed by atoms with Crippen molar-refractivity contribution in [1.29, 1.82) is 0 Å². The summed E-state index contributed by atoms with van der Waals surface area (Å²) in [6.07, 6.45) is 5.03. The summed E-state index contributed by atoms with van der Waals surface area (Å²) in [4.78, 5) is 17.5. The summed E-state index contributed by atoms with van der Waals surface area (Å²) >= 11 is 6.28. The first-order valence-electron chi connectivity index (χ1n) is 12.4. The van der Waals surface area contributed by atoms with Crippen LogP contribution in [0.2, 0.25) is 5.02 Å². The van der Waals surface area contributed by atoms with Gasteiger partial charge in [-0.15, -0.1) is 0 Å². The van der Waals surface area contributed by atoms with Gasteiger partial charge in [-0.3, -0.25) is 14.4 Å². The van der Waals surface area contributed by atoms with Gasteiger partial charge in [0.05, 0.1) is 5.69 Å². The van der Waals surface area contributed by atoms with E-state index in [4.69, 9.17) is 11.6 Å². The van der Waals surface area contributed by atoms with Crippen LogP contribution < -0.4 is 9.44 Å². The van der Waals surface area contributed by atoms with Gasteiger partial charge in [0.15, 0.2) is 0 Å². The number of hydrogen-bond acceptors (Lipinski definition) is 4. The van der Waals surface area contributed by atoms with Gasteiger partial charge in [0, 0.05) is 48.4 Å². The first kappa shape index (κ1) is 27.6. The van der Waals surface area contributed by atoms with E-state index in [1.807, 2.05) is 11.8 Å². The van der Waals surface area contributed by atoms with Crippen LogP contribution in [0.1, 0.15) is 50.3 Å². The number of nitrogens with one attached hydrogen (secondary N) is 2. The van der Waals surface area contributed by atoms with E-state index in [1.54, 1.807) is 51.1 Å². The van der Waals surface area contributed by atoms with Gasteiger partial charge in [-0.25, -0.2) is 4.39 Å². The van der Waals surface area contributed by atoms with Crippen molar-refractivity contribution in [1.82, 2.24) is 14.5 Å². The molecule has 0 spiro atoms. The van der Waals surface area contributed by atoms with Gasteiger partial charge in [0.1, 0.15) is 5.82 Å². The number of piperazine rings is 1. The lowest BCUT2D eigenvalue weighted by Crippen LogP contribution is -2.55. The largest absolute Gasteiger partial charge is 0.331 e. The highest BCUT2D eigenvalue weighted by molar-refractivity contribution is 7.90. The van der Waals surface area contributed by atoms with Crippen LogP contribution in [0.15, 0.2) is 42.5 Å². The van der Waals surface area contributed by atoms with Crippen LogP contribution in [0.3, 0.4) is 0 Å². The maximum atomic E-state index is 13.3. The summed E-state index contributed by atoms with van der Waals surface area (Å²) in [7, 11) is -3.86. The minimum atomic E-state index is -3.86. The molecule has 2 N–H and O–H groups in total. The molecule has 2 fully saturated rings. The minimum absolute atomic E-state index is 0.0943. The van der Waals surface area contributed by atoms with E-state index in [1.165, 1.54) is 18.2 Å². The van der Waals surface area contributed by atoms with Gasteiger partial charge in [-0.2, -0.15) is 13.1 Å². The number of nitrogens with zero attached hydrogens (tertiary/aromatic N) is 2. The number of carbonyl (C=O) groups is 1. The Kier molecular flexibility index (Phi) is 7.99. The topological polar surface area (TPSA) is 81.8 Å². The molecule has 4 rings (SSSR count). The lowest BCUT2D eigenvalue weighted by Gasteiger charge is -2.40. The molecule has 2 aromatic rings. The second-order valence-electron chi connectivity index (χ2n) is 10.9. The van der Waals surface area contributed by atoms with Crippen LogP contribution in [-0.2, 0) is 21.5 Å². The van der Waals surface area contributed by atoms with Gasteiger partial charge >= 0.3 is 0 Å². The van der Waals surface area contributed by atoms with Crippen LogP contribution in [0.4, 0.5) is 10.1 Å². The molecule has 1 amide bonds. The molecule has 2 bridgehead atoms. The monoisotopic (exact) mass is 548 g/mol. The summed E-state index contributed by atoms with van der Waals surface area (Å²) in [6.45, 7) is 9.33. The van der Waals surface area contributed by atoms with Crippen LogP contribution in [-0.4, -0.2) is 54.8 Å². The molecule has 2 atom stereocenters. The third-order valence-corrected chi connectivity index (χ3v) is 8.33. The highest BCUT2D eigenvalue weighted by Gasteiger charge is 2.41. The van der Waals surface area contributed by atoms with Gasteiger partial charge in [-0.05, 0) is 87.6 Å². The maximum Gasteiger partial charge on any atom is 0.299 e. The van der Waals surface area contributed by atoms with E-state index in [0.29, 0.717) is 16.3 Å². The van der Waals surface area contributed by atoms with Gasteiger partial charge in [-0.1, -0.05) is 23.7 Å². The zero-order valence-corrected chi connectivity index (χ0v) is 23.2. The fraction of sp³-hybridized carbons (Fsp3) is 0.444. The van der Waals surface area contributed by atoms with Gasteiger partial charge < -0.3 is 4.90 Å². The zero-order chi connectivity index (χ0) is 27.0. The Labute approximate surface area is 223 Å². The van der Waals surface area contributed by atoms with E-state index in [0.717, 1.165) is 43.6 Å². The highest BCUT2D eigenvalue weighted by atomic mass is 35.5. The number of anilines is 1. The summed E-state index contributed by atoms with van der Waals surface area (Å²) < 4.78 is 43.6. The first-order chi connectivity index (χ1) is 17.3. The molecule has 7 nitrogen and oxygen atoms in total. The summed E-state index contributed by atoms with van der Waals surface area (Å²) in [5, 5.41) is 0.423. The van der Waals surface area contributed by atoms with Gasteiger partial charge in [0.2, 0.25) is 5.91 Å². The Morgan fingerprint density at radius 1 is 1.14 bits per heavy atom. The predicted octanol–water partition coefficient (Wildman–Crippen LogP) is 4.72. The van der Waals surface area contributed by atoms with Crippen molar-refractivity contribution >= 4 is 39.5 Å². The number of aryl methyl sites for hydroxylation is 1. The molecule has 0 aromatic heterocycles. The molecule has 37 heavy (non-hydrogen) atoms. The van der Waals surface area contributed by atoms with Crippen molar-refractivity contribution in [3.8, 4) is 0 Å². The Balaban J connectivity index is 1.47. The lowest BCUT2D eigenvalue weighted by molar-refractivity contribution is -0.131. The molecule has 2 heterocycles. The standard InChI is InChI=1S/C27H34ClFN4O3S/c1-18-13-20(25(14-24(18)28)30-37(35,36)31-27(2,3)4)7-12-26(34)33-22-10-11-23(33)17-32(16-22)15-19-5-8-21(29)9-6-19/h5-9,12-14,22-23,30-31H,10-11,15-17H2,1-4H3/b12-7+. The first-order valence-corrected chi connectivity index (χ1v) is 14.2. The number of hydrogen-bond donors (Lipinski definition) is 2. The van der Waals surface area contributed by atoms with Crippen LogP contribution in [0.25, 0.3) is 6.08 Å². The number of likely N-dealkylation sites (tertiary alicyclic amines) is 1. The SMILES string of the molecule is Cc1cc(/C=C/C(=O)N2C3CCC2CN(Cc2ccc(F)cc2)C3)c(NS(=O)(=O)NC(C)(C)C)cc1Cl. The number of amides is 1. The molecule has 2 aliphatic rings. The van der Waals surface area contributed by atoms with Gasteiger partial charge in [0.25, 0.3) is 10.2 Å². The van der Waals surface area contributed by atoms with Crippen molar-refractivity contribution in [3.63, 3.8) is 0 Å². The predicted molar refractivity (Wildman–Crippen MR) is 146 cm³/mol. The average Bonchev–Trinajstić information content (AvgIpc) is 3.05. The highest BCUT2D eigenvalue weighted by Crippen LogP contribution is 2.32. The maximum absolute atomic E-state index is 13.3. The molecule has 0 aliphatic carbocycles. The molecule has 2 saturated heterocycles. The third kappa shape index (κ3) is 7.10. The summed E-state index contributed by atoms with van der Waals surface area (Å²) in [5.41, 5.74) is 2.01. The lowest BCUT2D eigenvalue weighted by atomic mass is 10.1. The van der Waals surface area contributed by atoms with Crippen molar-refractivity contribution in [2.75, 3.05) is 17.8 Å². The van der Waals surface area contributed by atoms with Crippen LogP contribution >= 0.6 is 11.6 Å². The fourth-order valence-electron chi connectivity index (χ4n) is 5.08. The van der Waals surface area contributed by atoms with Crippen LogP contribution in [0.5, 0.6) is 0 Å². The number of carbonyl (C=O) groups excluding carboxylic acids is 1. The van der Waals surface area contributed by atoms with E-state index < -0.39 is 15.7 Å².